The summed E-state index contributed by atoms with van der Waals surface area (Å²) in [6.07, 6.45) is 11.5. The van der Waals surface area contributed by atoms with E-state index in [9.17, 15) is 5.11 Å². The second-order valence-corrected chi connectivity index (χ2v) is 6.35. The molecule has 2 rings (SSSR count). The van der Waals surface area contributed by atoms with Crippen molar-refractivity contribution in [1.82, 2.24) is 4.90 Å². The molecule has 2 fully saturated rings. The maximum atomic E-state index is 10.0. The number of aliphatic hydroxyl groups is 1. The van der Waals surface area contributed by atoms with Crippen LogP contribution in [0.2, 0.25) is 0 Å². The zero-order valence-corrected chi connectivity index (χ0v) is 12.3. The monoisotopic (exact) mass is 253 g/mol. The Hall–Kier alpha value is -0.0800. The van der Waals surface area contributed by atoms with Crippen LogP contribution in [0.3, 0.4) is 0 Å². The summed E-state index contributed by atoms with van der Waals surface area (Å²) in [7, 11) is 0. The van der Waals surface area contributed by atoms with Crippen molar-refractivity contribution < 1.29 is 5.11 Å². The van der Waals surface area contributed by atoms with Crippen molar-refractivity contribution in [2.75, 3.05) is 6.54 Å². The van der Waals surface area contributed by atoms with Gasteiger partial charge in [-0.25, -0.2) is 0 Å². The van der Waals surface area contributed by atoms with E-state index < -0.39 is 0 Å². The smallest absolute Gasteiger partial charge is 0.0555 e. The van der Waals surface area contributed by atoms with E-state index >= 15 is 0 Å². The van der Waals surface area contributed by atoms with Crippen LogP contribution in [0.4, 0.5) is 0 Å². The van der Waals surface area contributed by atoms with Gasteiger partial charge in [0.15, 0.2) is 0 Å². The van der Waals surface area contributed by atoms with Crippen molar-refractivity contribution in [3.8, 4) is 0 Å². The fraction of sp³-hybridized carbons (Fsp3) is 1.00. The maximum absolute atomic E-state index is 10.0. The standard InChI is InChI=1S/C16H31NO/c1-3-7-13-10-11-15(18)12-16(13)17(4-2)14-8-5-6-9-14/h13-16,18H,3-12H2,1-2H3. The molecular formula is C16H31NO. The molecule has 3 atom stereocenters. The van der Waals surface area contributed by atoms with Crippen LogP contribution in [0.15, 0.2) is 0 Å². The van der Waals surface area contributed by atoms with Gasteiger partial charge in [-0.1, -0.05) is 33.1 Å². The molecule has 2 heteroatoms. The van der Waals surface area contributed by atoms with Gasteiger partial charge in [-0.05, 0) is 51.0 Å². The van der Waals surface area contributed by atoms with E-state index in [1.54, 1.807) is 0 Å². The minimum absolute atomic E-state index is 0.0430. The average molecular weight is 253 g/mol. The molecule has 0 saturated heterocycles. The molecule has 2 aliphatic carbocycles. The molecule has 0 spiro atoms. The van der Waals surface area contributed by atoms with Gasteiger partial charge in [0.2, 0.25) is 0 Å². The fourth-order valence-corrected chi connectivity index (χ4v) is 4.30. The zero-order chi connectivity index (χ0) is 13.0. The van der Waals surface area contributed by atoms with Crippen LogP contribution in [0.5, 0.6) is 0 Å². The zero-order valence-electron chi connectivity index (χ0n) is 12.3. The summed E-state index contributed by atoms with van der Waals surface area (Å²) in [4.78, 5) is 2.75. The van der Waals surface area contributed by atoms with Gasteiger partial charge in [0, 0.05) is 12.1 Å². The molecule has 0 aromatic rings. The summed E-state index contributed by atoms with van der Waals surface area (Å²) in [5.41, 5.74) is 0. The number of rotatable bonds is 5. The summed E-state index contributed by atoms with van der Waals surface area (Å²) >= 11 is 0. The van der Waals surface area contributed by atoms with E-state index in [-0.39, 0.29) is 6.10 Å². The van der Waals surface area contributed by atoms with Crippen LogP contribution in [-0.4, -0.2) is 34.7 Å². The Labute approximate surface area is 113 Å². The van der Waals surface area contributed by atoms with Crippen LogP contribution < -0.4 is 0 Å². The van der Waals surface area contributed by atoms with E-state index in [0.29, 0.717) is 6.04 Å². The Balaban J connectivity index is 2.03. The van der Waals surface area contributed by atoms with Crippen molar-refractivity contribution in [3.05, 3.63) is 0 Å². The minimum Gasteiger partial charge on any atom is -0.393 e. The van der Waals surface area contributed by atoms with E-state index in [1.807, 2.05) is 0 Å². The molecule has 0 aliphatic heterocycles. The van der Waals surface area contributed by atoms with Gasteiger partial charge >= 0.3 is 0 Å². The molecule has 2 aliphatic rings. The second-order valence-electron chi connectivity index (χ2n) is 6.35. The quantitative estimate of drug-likeness (QED) is 0.809. The first-order valence-corrected chi connectivity index (χ1v) is 8.20. The lowest BCUT2D eigenvalue weighted by atomic mass is 9.79. The molecule has 0 amide bonds. The lowest BCUT2D eigenvalue weighted by molar-refractivity contribution is 0.00728. The molecule has 18 heavy (non-hydrogen) atoms. The Bertz CT molecular complexity index is 237. The van der Waals surface area contributed by atoms with Crippen molar-refractivity contribution in [3.63, 3.8) is 0 Å². The van der Waals surface area contributed by atoms with E-state index in [2.05, 4.69) is 18.7 Å². The van der Waals surface area contributed by atoms with Crippen molar-refractivity contribution >= 4 is 0 Å². The van der Waals surface area contributed by atoms with Crippen molar-refractivity contribution in [1.29, 1.82) is 0 Å². The first-order chi connectivity index (χ1) is 8.76. The first kappa shape index (κ1) is 14.3. The summed E-state index contributed by atoms with van der Waals surface area (Å²) in [6.45, 7) is 5.78. The highest BCUT2D eigenvalue weighted by molar-refractivity contribution is 4.90. The number of aliphatic hydroxyl groups excluding tert-OH is 1. The third-order valence-electron chi connectivity index (χ3n) is 5.17. The normalized spacial score (nSPS) is 34.3. The largest absolute Gasteiger partial charge is 0.393 e. The van der Waals surface area contributed by atoms with Crippen LogP contribution in [0.25, 0.3) is 0 Å². The molecule has 2 nitrogen and oxygen atoms in total. The lowest BCUT2D eigenvalue weighted by Crippen LogP contribution is -2.49. The third-order valence-corrected chi connectivity index (χ3v) is 5.17. The summed E-state index contributed by atoms with van der Waals surface area (Å²) in [5.74, 6) is 0.832. The highest BCUT2D eigenvalue weighted by Gasteiger charge is 2.36. The van der Waals surface area contributed by atoms with Gasteiger partial charge in [-0.15, -0.1) is 0 Å². The van der Waals surface area contributed by atoms with E-state index in [0.717, 1.165) is 24.8 Å². The van der Waals surface area contributed by atoms with Crippen molar-refractivity contribution in [2.24, 2.45) is 5.92 Å². The van der Waals surface area contributed by atoms with Crippen LogP contribution in [0, 0.1) is 5.92 Å². The predicted molar refractivity (Wildman–Crippen MR) is 76.7 cm³/mol. The number of nitrogens with zero attached hydrogens (tertiary/aromatic N) is 1. The second kappa shape index (κ2) is 6.91. The molecule has 0 aromatic heterocycles. The van der Waals surface area contributed by atoms with Gasteiger partial charge in [0.1, 0.15) is 0 Å². The lowest BCUT2D eigenvalue weighted by Gasteiger charge is -2.44. The third kappa shape index (κ3) is 3.27. The molecule has 0 aromatic carbocycles. The maximum Gasteiger partial charge on any atom is 0.0555 e. The number of hydrogen-bond acceptors (Lipinski definition) is 2. The molecular weight excluding hydrogens is 222 g/mol. The molecule has 0 heterocycles. The molecule has 3 unspecified atom stereocenters. The van der Waals surface area contributed by atoms with Gasteiger partial charge in [-0.3, -0.25) is 4.90 Å². The molecule has 2 saturated carbocycles. The number of hydrogen-bond donors (Lipinski definition) is 1. The molecule has 0 radical (unpaired) electrons. The topological polar surface area (TPSA) is 23.5 Å². The molecule has 0 bridgehead atoms. The SMILES string of the molecule is CCCC1CCC(O)CC1N(CC)C1CCCC1. The van der Waals surface area contributed by atoms with E-state index in [4.69, 9.17) is 0 Å². The van der Waals surface area contributed by atoms with Gasteiger partial charge in [0.05, 0.1) is 6.10 Å². The van der Waals surface area contributed by atoms with Crippen LogP contribution in [0.1, 0.15) is 71.6 Å². The highest BCUT2D eigenvalue weighted by Crippen LogP contribution is 2.35. The summed E-state index contributed by atoms with van der Waals surface area (Å²) in [6, 6.07) is 1.46. The molecule has 106 valence electrons. The van der Waals surface area contributed by atoms with Gasteiger partial charge < -0.3 is 5.11 Å². The molecule has 1 N–H and O–H groups in total. The summed E-state index contributed by atoms with van der Waals surface area (Å²) < 4.78 is 0. The predicted octanol–water partition coefficient (Wildman–Crippen LogP) is 3.58. The fourth-order valence-electron chi connectivity index (χ4n) is 4.30. The summed E-state index contributed by atoms with van der Waals surface area (Å²) in [5, 5.41) is 10.0. The van der Waals surface area contributed by atoms with E-state index in [1.165, 1.54) is 51.5 Å². The Morgan fingerprint density at radius 2 is 1.78 bits per heavy atom. The van der Waals surface area contributed by atoms with Gasteiger partial charge in [0.25, 0.3) is 0 Å². The Morgan fingerprint density at radius 1 is 1.06 bits per heavy atom. The Morgan fingerprint density at radius 3 is 2.39 bits per heavy atom. The Kier molecular flexibility index (Phi) is 5.50. The highest BCUT2D eigenvalue weighted by atomic mass is 16.3. The first-order valence-electron chi connectivity index (χ1n) is 8.20. The van der Waals surface area contributed by atoms with Crippen molar-refractivity contribution in [2.45, 2.75) is 89.8 Å². The average Bonchev–Trinajstić information content (AvgIpc) is 2.87. The van der Waals surface area contributed by atoms with Crippen LogP contribution in [-0.2, 0) is 0 Å². The van der Waals surface area contributed by atoms with Crippen LogP contribution >= 0.6 is 0 Å². The minimum atomic E-state index is -0.0430. The van der Waals surface area contributed by atoms with Gasteiger partial charge in [-0.2, -0.15) is 0 Å².